The summed E-state index contributed by atoms with van der Waals surface area (Å²) < 4.78 is 10.6. The second kappa shape index (κ2) is 8.22. The molecule has 142 valence electrons. The first-order chi connectivity index (χ1) is 13.5. The van der Waals surface area contributed by atoms with Crippen LogP contribution in [0.2, 0.25) is 0 Å². The minimum Gasteiger partial charge on any atom is -0.478 e. The van der Waals surface area contributed by atoms with Crippen molar-refractivity contribution < 1.29 is 23.9 Å². The molecule has 0 spiro atoms. The number of amides is 2. The highest BCUT2D eigenvalue weighted by molar-refractivity contribution is 6.00. The number of anilines is 2. The average molecular weight is 379 g/mol. The summed E-state index contributed by atoms with van der Waals surface area (Å²) in [6, 6.07) is 15.3. The number of hydrogen-bond donors (Lipinski definition) is 2. The third kappa shape index (κ3) is 4.27. The predicted octanol–water partition coefficient (Wildman–Crippen LogP) is 2.22. The highest BCUT2D eigenvalue weighted by Crippen LogP contribution is 2.29. The number of rotatable bonds is 5. The smallest absolute Gasteiger partial charge is 0.310 e. The number of benzene rings is 2. The summed E-state index contributed by atoms with van der Waals surface area (Å²) in [7, 11) is 0. The van der Waals surface area contributed by atoms with Gasteiger partial charge in [-0.25, -0.2) is 0 Å². The molecule has 2 aromatic carbocycles. The van der Waals surface area contributed by atoms with E-state index >= 15 is 0 Å². The largest absolute Gasteiger partial charge is 0.478 e. The van der Waals surface area contributed by atoms with Gasteiger partial charge in [0, 0.05) is 0 Å². The quantitative estimate of drug-likeness (QED) is 0.769. The van der Waals surface area contributed by atoms with Crippen LogP contribution >= 0.6 is 0 Å². The van der Waals surface area contributed by atoms with E-state index in [1.54, 1.807) is 48.5 Å². The zero-order valence-corrected chi connectivity index (χ0v) is 15.0. The lowest BCUT2D eigenvalue weighted by Gasteiger charge is -2.25. The molecule has 0 fully saturated rings. The van der Waals surface area contributed by atoms with Crippen LogP contribution in [0.25, 0.3) is 0 Å². The van der Waals surface area contributed by atoms with Gasteiger partial charge in [-0.15, -0.1) is 0 Å². The molecule has 0 radical (unpaired) electrons. The second-order valence-electron chi connectivity index (χ2n) is 6.07. The Morgan fingerprint density at radius 3 is 2.75 bits per heavy atom. The van der Waals surface area contributed by atoms with Crippen LogP contribution in [0.3, 0.4) is 0 Å². The van der Waals surface area contributed by atoms with Crippen molar-refractivity contribution in [2.24, 2.45) is 0 Å². The minimum absolute atomic E-state index is 0.292. The number of carbonyl (C=O) groups excluding carboxylic acids is 3. The molecule has 0 bridgehead atoms. The van der Waals surface area contributed by atoms with Gasteiger partial charge >= 0.3 is 5.97 Å². The number of nitrogens with zero attached hydrogens (tertiary/aromatic N) is 1. The molecule has 1 aliphatic rings. The zero-order valence-electron chi connectivity index (χ0n) is 15.0. The highest BCUT2D eigenvalue weighted by atomic mass is 16.6. The molecule has 2 unspecified atom stereocenters. The summed E-state index contributed by atoms with van der Waals surface area (Å²) in [5, 5.41) is 14.3. The van der Waals surface area contributed by atoms with Gasteiger partial charge in [0.2, 0.25) is 0 Å². The third-order valence-electron chi connectivity index (χ3n) is 4.04. The maximum atomic E-state index is 12.2. The van der Waals surface area contributed by atoms with E-state index in [1.807, 2.05) is 6.07 Å². The molecule has 28 heavy (non-hydrogen) atoms. The standard InChI is InChI=1S/C20H17N3O5/c1-12(19(25)22-14-7-3-2-6-13(14)11-21)27-18(24)10-17-20(26)23-15-8-4-5-9-16(15)28-17/h2-9,12,17H,10H2,1H3,(H,22,25)(H,23,26). The molecule has 2 aromatic rings. The topological polar surface area (TPSA) is 118 Å². The van der Waals surface area contributed by atoms with Gasteiger partial charge in [-0.1, -0.05) is 24.3 Å². The molecule has 2 amide bonds. The molecule has 1 heterocycles. The molecule has 0 saturated heterocycles. The lowest BCUT2D eigenvalue weighted by atomic mass is 10.1. The van der Waals surface area contributed by atoms with E-state index in [0.29, 0.717) is 22.7 Å². The normalized spacial score (nSPS) is 15.9. The van der Waals surface area contributed by atoms with E-state index in [4.69, 9.17) is 14.7 Å². The Hall–Kier alpha value is -3.86. The summed E-state index contributed by atoms with van der Waals surface area (Å²) in [6.45, 7) is 1.40. The molecule has 1 aliphatic heterocycles. The molecule has 0 aromatic heterocycles. The van der Waals surface area contributed by atoms with Crippen LogP contribution < -0.4 is 15.4 Å². The van der Waals surface area contributed by atoms with Crippen molar-refractivity contribution in [1.29, 1.82) is 5.26 Å². The first-order valence-electron chi connectivity index (χ1n) is 8.54. The van der Waals surface area contributed by atoms with E-state index in [0.717, 1.165) is 0 Å². The molecule has 2 N–H and O–H groups in total. The van der Waals surface area contributed by atoms with Crippen molar-refractivity contribution in [3.63, 3.8) is 0 Å². The second-order valence-corrected chi connectivity index (χ2v) is 6.07. The van der Waals surface area contributed by atoms with E-state index < -0.39 is 30.0 Å². The summed E-state index contributed by atoms with van der Waals surface area (Å²) in [5.41, 5.74) is 1.14. The Morgan fingerprint density at radius 1 is 1.25 bits per heavy atom. The van der Waals surface area contributed by atoms with E-state index in [2.05, 4.69) is 10.6 Å². The fourth-order valence-electron chi connectivity index (χ4n) is 2.60. The SMILES string of the molecule is CC(OC(=O)CC1Oc2ccccc2NC1=O)C(=O)Nc1ccccc1C#N. The third-order valence-corrected chi connectivity index (χ3v) is 4.04. The van der Waals surface area contributed by atoms with Crippen LogP contribution in [-0.4, -0.2) is 30.0 Å². The number of para-hydroxylation sites is 3. The molecule has 0 saturated carbocycles. The maximum Gasteiger partial charge on any atom is 0.310 e. The van der Waals surface area contributed by atoms with Crippen molar-refractivity contribution in [3.05, 3.63) is 54.1 Å². The summed E-state index contributed by atoms with van der Waals surface area (Å²) in [4.78, 5) is 36.4. The summed E-state index contributed by atoms with van der Waals surface area (Å²) >= 11 is 0. The number of hydrogen-bond acceptors (Lipinski definition) is 6. The summed E-state index contributed by atoms with van der Waals surface area (Å²) in [5.74, 6) is -1.35. The van der Waals surface area contributed by atoms with Gasteiger partial charge in [-0.2, -0.15) is 5.26 Å². The Morgan fingerprint density at radius 2 is 1.96 bits per heavy atom. The Labute approximate surface area is 161 Å². The van der Waals surface area contributed by atoms with E-state index in [9.17, 15) is 14.4 Å². The van der Waals surface area contributed by atoms with Crippen molar-refractivity contribution in [2.45, 2.75) is 25.6 Å². The highest BCUT2D eigenvalue weighted by Gasteiger charge is 2.31. The van der Waals surface area contributed by atoms with Crippen molar-refractivity contribution >= 4 is 29.2 Å². The lowest BCUT2D eigenvalue weighted by molar-refractivity contribution is -0.155. The van der Waals surface area contributed by atoms with Crippen LogP contribution in [0.15, 0.2) is 48.5 Å². The Bertz CT molecular complexity index is 966. The zero-order chi connectivity index (χ0) is 20.1. The number of nitrogens with one attached hydrogen (secondary N) is 2. The van der Waals surface area contributed by atoms with Crippen LogP contribution in [0.4, 0.5) is 11.4 Å². The van der Waals surface area contributed by atoms with Crippen LogP contribution in [0, 0.1) is 11.3 Å². The van der Waals surface area contributed by atoms with Gasteiger partial charge in [0.05, 0.1) is 23.4 Å². The van der Waals surface area contributed by atoms with E-state index in [1.165, 1.54) is 6.92 Å². The predicted molar refractivity (Wildman–Crippen MR) is 99.4 cm³/mol. The van der Waals surface area contributed by atoms with Crippen LogP contribution in [0.5, 0.6) is 5.75 Å². The van der Waals surface area contributed by atoms with Gasteiger partial charge < -0.3 is 20.1 Å². The van der Waals surface area contributed by atoms with Gasteiger partial charge in [0.15, 0.2) is 12.2 Å². The first-order valence-corrected chi connectivity index (χ1v) is 8.54. The number of esters is 1. The fourth-order valence-corrected chi connectivity index (χ4v) is 2.60. The molecule has 0 aliphatic carbocycles. The first kappa shape index (κ1) is 18.9. The monoisotopic (exact) mass is 379 g/mol. The van der Waals surface area contributed by atoms with Crippen LogP contribution in [-0.2, 0) is 19.1 Å². The van der Waals surface area contributed by atoms with Crippen molar-refractivity contribution in [1.82, 2.24) is 0 Å². The van der Waals surface area contributed by atoms with E-state index in [-0.39, 0.29) is 6.42 Å². The van der Waals surface area contributed by atoms with Crippen molar-refractivity contribution in [3.8, 4) is 11.8 Å². The lowest BCUT2D eigenvalue weighted by Crippen LogP contribution is -2.40. The minimum atomic E-state index is -1.11. The maximum absolute atomic E-state index is 12.2. The van der Waals surface area contributed by atoms with Gasteiger partial charge in [0.1, 0.15) is 11.8 Å². The molecular weight excluding hydrogens is 362 g/mol. The number of carbonyl (C=O) groups is 3. The molecule has 2 atom stereocenters. The number of ether oxygens (including phenoxy) is 2. The number of fused-ring (bicyclic) bond motifs is 1. The van der Waals surface area contributed by atoms with Crippen LogP contribution in [0.1, 0.15) is 18.9 Å². The summed E-state index contributed by atoms with van der Waals surface area (Å²) in [6.07, 6.45) is -2.50. The molecule has 8 nitrogen and oxygen atoms in total. The van der Waals surface area contributed by atoms with Gasteiger partial charge in [0.25, 0.3) is 11.8 Å². The van der Waals surface area contributed by atoms with Gasteiger partial charge in [-0.05, 0) is 31.2 Å². The average Bonchev–Trinajstić information content (AvgIpc) is 2.68. The molecule has 3 rings (SSSR count). The molecular formula is C20H17N3O5. The van der Waals surface area contributed by atoms with Gasteiger partial charge in [-0.3, -0.25) is 14.4 Å². The number of nitriles is 1. The molecule has 8 heteroatoms. The Balaban J connectivity index is 1.56. The fraction of sp³-hybridized carbons (Fsp3) is 0.200. The van der Waals surface area contributed by atoms with Crippen molar-refractivity contribution in [2.75, 3.05) is 10.6 Å². The Kier molecular flexibility index (Phi) is 5.56.